The van der Waals surface area contributed by atoms with E-state index in [9.17, 15) is 4.79 Å². The van der Waals surface area contributed by atoms with Gasteiger partial charge in [0.15, 0.2) is 11.5 Å². The number of rotatable bonds is 5. The molecule has 4 nitrogen and oxygen atoms in total. The van der Waals surface area contributed by atoms with Crippen molar-refractivity contribution in [2.24, 2.45) is 0 Å². The molecule has 1 aromatic heterocycles. The lowest BCUT2D eigenvalue weighted by Gasteiger charge is -2.14. The Balaban J connectivity index is 1.63. The molecule has 1 aliphatic heterocycles. The van der Waals surface area contributed by atoms with Crippen LogP contribution in [0.15, 0.2) is 41.1 Å². The summed E-state index contributed by atoms with van der Waals surface area (Å²) in [4.78, 5) is 14.3. The van der Waals surface area contributed by atoms with Crippen LogP contribution in [0, 0.1) is 0 Å². The monoisotopic (exact) mass is 343 g/mol. The van der Waals surface area contributed by atoms with Crippen LogP contribution in [0.2, 0.25) is 0 Å². The minimum atomic E-state index is 0.0579. The van der Waals surface area contributed by atoms with E-state index in [0.717, 1.165) is 25.1 Å². The Kier molecular flexibility index (Phi) is 5.20. The van der Waals surface area contributed by atoms with Gasteiger partial charge in [0.2, 0.25) is 5.91 Å². The van der Waals surface area contributed by atoms with Crippen molar-refractivity contribution in [1.82, 2.24) is 4.90 Å². The van der Waals surface area contributed by atoms with Crippen molar-refractivity contribution in [2.75, 3.05) is 27.3 Å². The Bertz CT molecular complexity index is 724. The highest BCUT2D eigenvalue weighted by Gasteiger charge is 2.26. The van der Waals surface area contributed by atoms with Gasteiger partial charge in [-0.2, -0.15) is 11.3 Å². The third-order valence-electron chi connectivity index (χ3n) is 4.34. The molecule has 1 fully saturated rings. The fourth-order valence-corrected chi connectivity index (χ4v) is 3.71. The zero-order valence-corrected chi connectivity index (χ0v) is 14.7. The van der Waals surface area contributed by atoms with Crippen LogP contribution in [-0.2, 0) is 4.79 Å². The summed E-state index contributed by atoms with van der Waals surface area (Å²) >= 11 is 1.71. The molecule has 0 aliphatic carbocycles. The van der Waals surface area contributed by atoms with E-state index in [0.29, 0.717) is 17.4 Å². The molecule has 5 heteroatoms. The second kappa shape index (κ2) is 7.53. The standard InChI is InChI=1S/C19H21NO3S/c1-22-17-5-3-14(11-18(17)23-2)4-6-19(21)20-9-7-15(12-20)16-8-10-24-13-16/h3-6,8,10-11,13,15H,7,9,12H2,1-2H3/b6-4+. The van der Waals surface area contributed by atoms with E-state index >= 15 is 0 Å². The molecular formula is C19H21NO3S. The molecule has 1 aromatic carbocycles. The van der Waals surface area contributed by atoms with Gasteiger partial charge >= 0.3 is 0 Å². The summed E-state index contributed by atoms with van der Waals surface area (Å²) in [6.07, 6.45) is 4.49. The predicted octanol–water partition coefficient (Wildman–Crippen LogP) is 3.79. The van der Waals surface area contributed by atoms with E-state index in [1.54, 1.807) is 31.6 Å². The van der Waals surface area contributed by atoms with E-state index in [4.69, 9.17) is 9.47 Å². The van der Waals surface area contributed by atoms with Crippen molar-refractivity contribution in [3.63, 3.8) is 0 Å². The van der Waals surface area contributed by atoms with Gasteiger partial charge in [0.25, 0.3) is 0 Å². The molecule has 1 amide bonds. The number of carbonyl (C=O) groups excluding carboxylic acids is 1. The summed E-state index contributed by atoms with van der Waals surface area (Å²) in [5, 5.41) is 4.27. The lowest BCUT2D eigenvalue weighted by molar-refractivity contribution is -0.124. The maximum atomic E-state index is 12.4. The molecule has 126 valence electrons. The van der Waals surface area contributed by atoms with Crippen LogP contribution in [0.1, 0.15) is 23.5 Å². The maximum absolute atomic E-state index is 12.4. The summed E-state index contributed by atoms with van der Waals surface area (Å²) in [6.45, 7) is 1.61. The number of carbonyl (C=O) groups is 1. The topological polar surface area (TPSA) is 38.8 Å². The Morgan fingerprint density at radius 2 is 2.08 bits per heavy atom. The Hall–Kier alpha value is -2.27. The van der Waals surface area contributed by atoms with E-state index in [-0.39, 0.29) is 5.91 Å². The quantitative estimate of drug-likeness (QED) is 0.775. The molecular weight excluding hydrogens is 322 g/mol. The number of hydrogen-bond donors (Lipinski definition) is 0. The van der Waals surface area contributed by atoms with E-state index in [1.807, 2.05) is 29.2 Å². The number of ether oxygens (including phenoxy) is 2. The number of likely N-dealkylation sites (tertiary alicyclic amines) is 1. The summed E-state index contributed by atoms with van der Waals surface area (Å²) in [6, 6.07) is 7.76. The van der Waals surface area contributed by atoms with Crippen molar-refractivity contribution in [1.29, 1.82) is 0 Å². The van der Waals surface area contributed by atoms with Crippen LogP contribution in [0.4, 0.5) is 0 Å². The largest absolute Gasteiger partial charge is 0.493 e. The minimum absolute atomic E-state index is 0.0579. The maximum Gasteiger partial charge on any atom is 0.246 e. The number of methoxy groups -OCH3 is 2. The zero-order valence-electron chi connectivity index (χ0n) is 13.9. The lowest BCUT2D eigenvalue weighted by Crippen LogP contribution is -2.26. The van der Waals surface area contributed by atoms with Crippen molar-refractivity contribution in [3.8, 4) is 11.5 Å². The first kappa shape index (κ1) is 16.6. The van der Waals surface area contributed by atoms with Gasteiger partial charge in [0, 0.05) is 25.1 Å². The highest BCUT2D eigenvalue weighted by Crippen LogP contribution is 2.30. The van der Waals surface area contributed by atoms with Crippen LogP contribution in [-0.4, -0.2) is 38.1 Å². The van der Waals surface area contributed by atoms with Gasteiger partial charge in [0.05, 0.1) is 14.2 Å². The second-order valence-electron chi connectivity index (χ2n) is 5.77. The summed E-state index contributed by atoms with van der Waals surface area (Å²) < 4.78 is 10.5. The molecule has 1 unspecified atom stereocenters. The highest BCUT2D eigenvalue weighted by atomic mass is 32.1. The zero-order chi connectivity index (χ0) is 16.9. The van der Waals surface area contributed by atoms with Gasteiger partial charge in [-0.1, -0.05) is 6.07 Å². The van der Waals surface area contributed by atoms with Crippen LogP contribution in [0.5, 0.6) is 11.5 Å². The SMILES string of the molecule is COc1ccc(/C=C/C(=O)N2CCC(c3ccsc3)C2)cc1OC. The third kappa shape index (κ3) is 3.62. The molecule has 1 aliphatic rings. The van der Waals surface area contributed by atoms with Gasteiger partial charge in [0.1, 0.15) is 0 Å². The van der Waals surface area contributed by atoms with E-state index in [1.165, 1.54) is 5.56 Å². The first-order chi connectivity index (χ1) is 11.7. The van der Waals surface area contributed by atoms with Gasteiger partial charge < -0.3 is 14.4 Å². The summed E-state index contributed by atoms with van der Waals surface area (Å²) in [5.41, 5.74) is 2.26. The summed E-state index contributed by atoms with van der Waals surface area (Å²) in [5.74, 6) is 1.86. The van der Waals surface area contributed by atoms with Crippen molar-refractivity contribution in [2.45, 2.75) is 12.3 Å². The fraction of sp³-hybridized carbons (Fsp3) is 0.316. The van der Waals surface area contributed by atoms with Crippen LogP contribution in [0.3, 0.4) is 0 Å². The number of thiophene rings is 1. The van der Waals surface area contributed by atoms with Crippen molar-refractivity contribution < 1.29 is 14.3 Å². The Morgan fingerprint density at radius 3 is 2.79 bits per heavy atom. The van der Waals surface area contributed by atoms with Gasteiger partial charge in [-0.15, -0.1) is 0 Å². The third-order valence-corrected chi connectivity index (χ3v) is 5.04. The molecule has 24 heavy (non-hydrogen) atoms. The fourth-order valence-electron chi connectivity index (χ4n) is 2.97. The molecule has 0 saturated carbocycles. The number of nitrogens with zero attached hydrogens (tertiary/aromatic N) is 1. The molecule has 0 N–H and O–H groups in total. The number of benzene rings is 1. The van der Waals surface area contributed by atoms with Crippen LogP contribution >= 0.6 is 11.3 Å². The first-order valence-corrected chi connectivity index (χ1v) is 8.86. The minimum Gasteiger partial charge on any atom is -0.493 e. The average Bonchev–Trinajstić information content (AvgIpc) is 3.30. The second-order valence-corrected chi connectivity index (χ2v) is 6.55. The molecule has 0 spiro atoms. The van der Waals surface area contributed by atoms with Crippen LogP contribution in [0.25, 0.3) is 6.08 Å². The molecule has 1 saturated heterocycles. The van der Waals surface area contributed by atoms with Gasteiger partial charge in [-0.05, 0) is 52.6 Å². The number of amides is 1. The van der Waals surface area contributed by atoms with E-state index < -0.39 is 0 Å². The molecule has 3 rings (SSSR count). The molecule has 0 radical (unpaired) electrons. The van der Waals surface area contributed by atoms with E-state index in [2.05, 4.69) is 16.8 Å². The molecule has 0 bridgehead atoms. The first-order valence-electron chi connectivity index (χ1n) is 7.92. The van der Waals surface area contributed by atoms with Crippen LogP contribution < -0.4 is 9.47 Å². The lowest BCUT2D eigenvalue weighted by atomic mass is 10.0. The predicted molar refractivity (Wildman–Crippen MR) is 96.8 cm³/mol. The van der Waals surface area contributed by atoms with Gasteiger partial charge in [-0.3, -0.25) is 4.79 Å². The van der Waals surface area contributed by atoms with Crippen molar-refractivity contribution in [3.05, 3.63) is 52.2 Å². The Labute approximate surface area is 146 Å². The average molecular weight is 343 g/mol. The summed E-state index contributed by atoms with van der Waals surface area (Å²) in [7, 11) is 3.21. The van der Waals surface area contributed by atoms with Gasteiger partial charge in [-0.25, -0.2) is 0 Å². The Morgan fingerprint density at radius 1 is 1.25 bits per heavy atom. The molecule has 2 aromatic rings. The highest BCUT2D eigenvalue weighted by molar-refractivity contribution is 7.08. The molecule has 1 atom stereocenters. The smallest absolute Gasteiger partial charge is 0.246 e. The molecule has 2 heterocycles. The normalized spacial score (nSPS) is 17.4. The van der Waals surface area contributed by atoms with Crippen molar-refractivity contribution >= 4 is 23.3 Å². The number of hydrogen-bond acceptors (Lipinski definition) is 4.